The zero-order valence-corrected chi connectivity index (χ0v) is 14.0. The molecule has 11 heteroatoms. The van der Waals surface area contributed by atoms with Crippen LogP contribution in [0.1, 0.15) is 0 Å². The molecule has 0 amide bonds. The number of thiazole rings is 1. The summed E-state index contributed by atoms with van der Waals surface area (Å²) in [4.78, 5) is 13.8. The van der Waals surface area contributed by atoms with Crippen LogP contribution in [0, 0.1) is 15.9 Å². The number of sulfonamides is 1. The standard InChI is InChI=1S/C13H7ClFN3O4S2/c14-9-3-2-8(6-11(9)18(19)20)24(21,22)17-13-16-10-4-1-7(15)5-12(10)23-13/h1-6H,(H,16,17). The molecule has 0 atom stereocenters. The minimum Gasteiger partial charge on any atom is -0.258 e. The van der Waals surface area contributed by atoms with Crippen molar-refractivity contribution in [1.82, 2.24) is 4.98 Å². The Morgan fingerprint density at radius 1 is 1.25 bits per heavy atom. The molecule has 1 aromatic heterocycles. The van der Waals surface area contributed by atoms with Gasteiger partial charge in [0.15, 0.2) is 5.13 Å². The zero-order chi connectivity index (χ0) is 17.5. The molecule has 0 fully saturated rings. The van der Waals surface area contributed by atoms with Gasteiger partial charge in [-0.3, -0.25) is 14.8 Å². The third-order valence-electron chi connectivity index (χ3n) is 3.00. The normalized spacial score (nSPS) is 11.6. The first-order valence-electron chi connectivity index (χ1n) is 6.29. The molecule has 7 nitrogen and oxygen atoms in total. The Bertz CT molecular complexity index is 1070. The lowest BCUT2D eigenvalue weighted by Gasteiger charge is -2.05. The topological polar surface area (TPSA) is 102 Å². The van der Waals surface area contributed by atoms with Gasteiger partial charge in [-0.1, -0.05) is 22.9 Å². The van der Waals surface area contributed by atoms with Crippen molar-refractivity contribution in [3.63, 3.8) is 0 Å². The molecule has 1 heterocycles. The van der Waals surface area contributed by atoms with E-state index in [0.29, 0.717) is 10.2 Å². The van der Waals surface area contributed by atoms with Gasteiger partial charge >= 0.3 is 0 Å². The minimum absolute atomic E-state index is 0.0215. The van der Waals surface area contributed by atoms with Gasteiger partial charge in [0.2, 0.25) is 0 Å². The average Bonchev–Trinajstić information content (AvgIpc) is 2.87. The van der Waals surface area contributed by atoms with Crippen LogP contribution in [0.25, 0.3) is 10.2 Å². The van der Waals surface area contributed by atoms with Gasteiger partial charge in [-0.05, 0) is 30.3 Å². The fourth-order valence-electron chi connectivity index (χ4n) is 1.92. The highest BCUT2D eigenvalue weighted by molar-refractivity contribution is 7.93. The van der Waals surface area contributed by atoms with Crippen LogP contribution in [-0.4, -0.2) is 18.3 Å². The minimum atomic E-state index is -4.10. The summed E-state index contributed by atoms with van der Waals surface area (Å²) < 4.78 is 40.6. The second-order valence-electron chi connectivity index (χ2n) is 4.61. The SMILES string of the molecule is O=[N+]([O-])c1cc(S(=O)(=O)Nc2nc3ccc(F)cc3s2)ccc1Cl. The Morgan fingerprint density at radius 3 is 2.71 bits per heavy atom. The van der Waals surface area contributed by atoms with E-state index in [1.807, 2.05) is 0 Å². The number of nitro groups is 1. The van der Waals surface area contributed by atoms with Crippen molar-refractivity contribution in [3.05, 3.63) is 57.4 Å². The van der Waals surface area contributed by atoms with E-state index in [-0.39, 0.29) is 15.0 Å². The second kappa shape index (κ2) is 5.96. The summed E-state index contributed by atoms with van der Waals surface area (Å²) in [6.45, 7) is 0. The van der Waals surface area contributed by atoms with E-state index in [1.165, 1.54) is 18.2 Å². The Balaban J connectivity index is 1.98. The Morgan fingerprint density at radius 2 is 2.00 bits per heavy atom. The molecule has 2 aromatic carbocycles. The van der Waals surface area contributed by atoms with Crippen molar-refractivity contribution < 1.29 is 17.7 Å². The highest BCUT2D eigenvalue weighted by atomic mass is 35.5. The lowest BCUT2D eigenvalue weighted by atomic mass is 10.3. The predicted molar refractivity (Wildman–Crippen MR) is 88.5 cm³/mol. The molecular formula is C13H7ClFN3O4S2. The smallest absolute Gasteiger partial charge is 0.258 e. The number of anilines is 1. The molecule has 1 N–H and O–H groups in total. The maximum Gasteiger partial charge on any atom is 0.289 e. The fraction of sp³-hybridized carbons (Fsp3) is 0. The number of benzene rings is 2. The summed E-state index contributed by atoms with van der Waals surface area (Å²) in [7, 11) is -4.10. The zero-order valence-electron chi connectivity index (χ0n) is 11.6. The number of aromatic nitrogens is 1. The number of nitro benzene ring substituents is 1. The Kier molecular flexibility index (Phi) is 4.11. The van der Waals surface area contributed by atoms with Crippen LogP contribution >= 0.6 is 22.9 Å². The molecular weight excluding hydrogens is 381 g/mol. The molecule has 3 aromatic rings. The van der Waals surface area contributed by atoms with Gasteiger partial charge in [0.25, 0.3) is 15.7 Å². The van der Waals surface area contributed by atoms with Gasteiger partial charge in [-0.15, -0.1) is 0 Å². The highest BCUT2D eigenvalue weighted by Crippen LogP contribution is 2.30. The first-order valence-corrected chi connectivity index (χ1v) is 8.97. The van der Waals surface area contributed by atoms with Crippen LogP contribution in [0.4, 0.5) is 15.2 Å². The molecule has 3 rings (SSSR count). The third kappa shape index (κ3) is 3.16. The predicted octanol–water partition coefficient (Wildman–Crippen LogP) is 3.80. The number of rotatable bonds is 4. The van der Waals surface area contributed by atoms with Gasteiger partial charge in [0, 0.05) is 6.07 Å². The molecule has 0 unspecified atom stereocenters. The first kappa shape index (κ1) is 16.6. The van der Waals surface area contributed by atoms with Crippen molar-refractivity contribution in [3.8, 4) is 0 Å². The lowest BCUT2D eigenvalue weighted by Crippen LogP contribution is -2.13. The number of fused-ring (bicyclic) bond motifs is 1. The maximum atomic E-state index is 13.2. The van der Waals surface area contributed by atoms with E-state index in [1.54, 1.807) is 0 Å². The third-order valence-corrected chi connectivity index (χ3v) is 5.72. The van der Waals surface area contributed by atoms with Crippen LogP contribution in [0.5, 0.6) is 0 Å². The molecule has 124 valence electrons. The van der Waals surface area contributed by atoms with Crippen LogP contribution < -0.4 is 4.72 Å². The molecule has 0 radical (unpaired) electrons. The number of hydrogen-bond acceptors (Lipinski definition) is 6. The summed E-state index contributed by atoms with van der Waals surface area (Å²) in [5.74, 6) is -0.464. The van der Waals surface area contributed by atoms with Gasteiger partial charge < -0.3 is 0 Å². The Hall–Kier alpha value is -2.30. The van der Waals surface area contributed by atoms with Crippen LogP contribution in [0.2, 0.25) is 5.02 Å². The van der Waals surface area contributed by atoms with Crippen molar-refractivity contribution in [2.24, 2.45) is 0 Å². The van der Waals surface area contributed by atoms with Crippen molar-refractivity contribution in [1.29, 1.82) is 0 Å². The molecule has 0 aliphatic heterocycles. The maximum absolute atomic E-state index is 13.2. The van der Waals surface area contributed by atoms with E-state index in [9.17, 15) is 22.9 Å². The summed E-state index contributed by atoms with van der Waals surface area (Å²) >= 11 is 6.61. The van der Waals surface area contributed by atoms with E-state index in [4.69, 9.17) is 11.6 Å². The highest BCUT2D eigenvalue weighted by Gasteiger charge is 2.22. The summed E-state index contributed by atoms with van der Waals surface area (Å²) in [6, 6.07) is 7.00. The average molecular weight is 388 g/mol. The number of hydrogen-bond donors (Lipinski definition) is 1. The molecule has 0 saturated carbocycles. The number of nitrogens with one attached hydrogen (secondary N) is 1. The number of halogens is 2. The van der Waals surface area contributed by atoms with Crippen molar-refractivity contribution in [2.75, 3.05) is 4.72 Å². The summed E-state index contributed by atoms with van der Waals surface area (Å²) in [5, 5.41) is 10.7. The second-order valence-corrected chi connectivity index (χ2v) is 7.73. The van der Waals surface area contributed by atoms with E-state index < -0.39 is 26.5 Å². The van der Waals surface area contributed by atoms with Gasteiger partial charge in [0.1, 0.15) is 10.8 Å². The van der Waals surface area contributed by atoms with Crippen LogP contribution in [-0.2, 0) is 10.0 Å². The number of nitrogens with zero attached hydrogens (tertiary/aromatic N) is 2. The Labute approximate surface area is 143 Å². The van der Waals surface area contributed by atoms with Crippen molar-refractivity contribution >= 4 is 54.0 Å². The lowest BCUT2D eigenvalue weighted by molar-refractivity contribution is -0.384. The van der Waals surface area contributed by atoms with Crippen LogP contribution in [0.15, 0.2) is 41.3 Å². The van der Waals surface area contributed by atoms with Crippen LogP contribution in [0.3, 0.4) is 0 Å². The quantitative estimate of drug-likeness (QED) is 0.541. The van der Waals surface area contributed by atoms with E-state index in [2.05, 4.69) is 9.71 Å². The van der Waals surface area contributed by atoms with Gasteiger partial charge in [-0.25, -0.2) is 17.8 Å². The molecule has 24 heavy (non-hydrogen) atoms. The first-order chi connectivity index (χ1) is 11.3. The largest absolute Gasteiger partial charge is 0.289 e. The summed E-state index contributed by atoms with van der Waals surface area (Å²) in [5.41, 5.74) is -0.0906. The summed E-state index contributed by atoms with van der Waals surface area (Å²) in [6.07, 6.45) is 0. The molecule has 0 aliphatic rings. The van der Waals surface area contributed by atoms with Crippen molar-refractivity contribution in [2.45, 2.75) is 4.90 Å². The molecule has 0 saturated heterocycles. The van der Waals surface area contributed by atoms with Gasteiger partial charge in [-0.2, -0.15) is 0 Å². The molecule has 0 aliphatic carbocycles. The molecule has 0 bridgehead atoms. The fourth-order valence-corrected chi connectivity index (χ4v) is 4.25. The van der Waals surface area contributed by atoms with Gasteiger partial charge in [0.05, 0.1) is 20.0 Å². The molecule has 0 spiro atoms. The van der Waals surface area contributed by atoms with E-state index in [0.717, 1.165) is 29.5 Å². The van der Waals surface area contributed by atoms with E-state index >= 15 is 0 Å². The monoisotopic (exact) mass is 387 g/mol.